The Labute approximate surface area is 170 Å². The lowest BCUT2D eigenvalue weighted by atomic mass is 9.94. The first-order valence-electron chi connectivity index (χ1n) is 10.2. The predicted octanol–water partition coefficient (Wildman–Crippen LogP) is 4.79. The third kappa shape index (κ3) is 3.37. The van der Waals surface area contributed by atoms with Crippen molar-refractivity contribution in [1.29, 1.82) is 0 Å². The fraction of sp³-hybridized carbons (Fsp3) is 0.292. The molecule has 146 valence electrons. The Kier molecular flexibility index (Phi) is 4.72. The molecule has 1 N–H and O–H groups in total. The molecule has 1 aliphatic heterocycles. The van der Waals surface area contributed by atoms with Crippen molar-refractivity contribution in [3.8, 4) is 0 Å². The van der Waals surface area contributed by atoms with Crippen molar-refractivity contribution >= 4 is 17.4 Å². The van der Waals surface area contributed by atoms with Gasteiger partial charge in [-0.3, -0.25) is 0 Å². The van der Waals surface area contributed by atoms with Crippen LogP contribution in [0.3, 0.4) is 0 Å². The van der Waals surface area contributed by atoms with Gasteiger partial charge < -0.3 is 10.1 Å². The first-order chi connectivity index (χ1) is 14.3. The molecule has 0 bridgehead atoms. The average molecular weight is 384 g/mol. The Morgan fingerprint density at radius 1 is 0.966 bits per heavy atom. The highest BCUT2D eigenvalue weighted by atomic mass is 16.5. The second-order valence-corrected chi connectivity index (χ2v) is 7.55. The number of hydrogen-bond donors (Lipinski definition) is 1. The summed E-state index contributed by atoms with van der Waals surface area (Å²) < 4.78 is 5.62. The molecule has 2 heterocycles. The summed E-state index contributed by atoms with van der Waals surface area (Å²) >= 11 is 0. The summed E-state index contributed by atoms with van der Waals surface area (Å²) in [4.78, 5) is 14.7. The summed E-state index contributed by atoms with van der Waals surface area (Å²) in [6.45, 7) is 0.746. The van der Waals surface area contributed by atoms with Gasteiger partial charge in [-0.05, 0) is 42.9 Å². The highest BCUT2D eigenvalue weighted by Crippen LogP contribution is 2.39. The Hall–Kier alpha value is -3.21. The summed E-state index contributed by atoms with van der Waals surface area (Å²) in [5, 5.41) is 3.58. The molecule has 0 amide bonds. The third-order valence-corrected chi connectivity index (χ3v) is 5.70. The summed E-state index contributed by atoms with van der Waals surface area (Å²) in [6.07, 6.45) is 4.39. The van der Waals surface area contributed by atoms with Crippen LogP contribution in [-0.4, -0.2) is 23.0 Å². The summed E-state index contributed by atoms with van der Waals surface area (Å²) in [6, 6.07) is 18.6. The van der Waals surface area contributed by atoms with E-state index < -0.39 is 0 Å². The van der Waals surface area contributed by atoms with Gasteiger partial charge in [-0.1, -0.05) is 48.5 Å². The lowest BCUT2D eigenvalue weighted by molar-refractivity contribution is 0.389. The highest BCUT2D eigenvalue weighted by molar-refractivity contribution is 5.94. The molecule has 0 fully saturated rings. The number of hydrogen-bond acceptors (Lipinski definition) is 5. The van der Waals surface area contributed by atoms with E-state index in [1.807, 2.05) is 24.3 Å². The Bertz CT molecular complexity index is 1060. The summed E-state index contributed by atoms with van der Waals surface area (Å²) in [7, 11) is 1.67. The molecule has 1 aliphatic carbocycles. The molecule has 1 unspecified atom stereocenters. The summed E-state index contributed by atoms with van der Waals surface area (Å²) in [5.74, 6) is 2.23. The molecule has 1 aromatic heterocycles. The maximum Gasteiger partial charge on any atom is 0.203 e. The van der Waals surface area contributed by atoms with Crippen LogP contribution in [0.25, 0.3) is 0 Å². The summed E-state index contributed by atoms with van der Waals surface area (Å²) in [5.41, 5.74) is 5.71. The quantitative estimate of drug-likeness (QED) is 0.703. The largest absolute Gasteiger partial charge is 0.483 e. The molecule has 3 aromatic rings. The predicted molar refractivity (Wildman–Crippen MR) is 115 cm³/mol. The first-order valence-corrected chi connectivity index (χ1v) is 10.2. The zero-order valence-corrected chi connectivity index (χ0v) is 16.6. The molecule has 29 heavy (non-hydrogen) atoms. The van der Waals surface area contributed by atoms with Crippen molar-refractivity contribution in [3.05, 3.63) is 82.8 Å². The first kappa shape index (κ1) is 17.9. The molecule has 0 spiro atoms. The SMILES string of the molecule is COC1=Nc2ccccc2C1c1nc2c(c(NCc3ccccc3)n1)CCCC2. The normalized spacial score (nSPS) is 17.3. The monoisotopic (exact) mass is 384 g/mol. The number of aromatic nitrogens is 2. The third-order valence-electron chi connectivity index (χ3n) is 5.70. The van der Waals surface area contributed by atoms with E-state index in [1.165, 1.54) is 24.0 Å². The van der Waals surface area contributed by atoms with Gasteiger partial charge in [0.05, 0.1) is 12.8 Å². The number of methoxy groups -OCH3 is 1. The van der Waals surface area contributed by atoms with Crippen LogP contribution in [0.4, 0.5) is 11.5 Å². The lowest BCUT2D eigenvalue weighted by Crippen LogP contribution is -2.20. The zero-order valence-electron chi connectivity index (χ0n) is 16.6. The van der Waals surface area contributed by atoms with Crippen molar-refractivity contribution in [1.82, 2.24) is 9.97 Å². The van der Waals surface area contributed by atoms with Crippen molar-refractivity contribution in [3.63, 3.8) is 0 Å². The van der Waals surface area contributed by atoms with Gasteiger partial charge in [-0.15, -0.1) is 0 Å². The molecule has 5 heteroatoms. The standard InChI is InChI=1S/C24H24N4O/c1-29-24-21(17-11-5-7-13-19(17)27-24)23-26-20-14-8-6-12-18(20)22(28-23)25-15-16-9-3-2-4-10-16/h2-5,7,9-11,13,21H,6,8,12,14-15H2,1H3,(H,25,26,28). The Morgan fingerprint density at radius 3 is 2.62 bits per heavy atom. The molecule has 1 atom stereocenters. The van der Waals surface area contributed by atoms with Crippen molar-refractivity contribution in [2.75, 3.05) is 12.4 Å². The van der Waals surface area contributed by atoms with E-state index in [1.54, 1.807) is 7.11 Å². The number of benzene rings is 2. The van der Waals surface area contributed by atoms with Gasteiger partial charge in [0.25, 0.3) is 0 Å². The molecule has 5 rings (SSSR count). The Morgan fingerprint density at radius 2 is 1.76 bits per heavy atom. The van der Waals surface area contributed by atoms with Crippen LogP contribution in [0, 0.1) is 0 Å². The van der Waals surface area contributed by atoms with Gasteiger partial charge in [0, 0.05) is 17.8 Å². The maximum atomic E-state index is 5.62. The van der Waals surface area contributed by atoms with E-state index in [9.17, 15) is 0 Å². The Balaban J connectivity index is 1.55. The van der Waals surface area contributed by atoms with E-state index in [0.717, 1.165) is 48.0 Å². The van der Waals surface area contributed by atoms with Crippen LogP contribution in [-0.2, 0) is 24.1 Å². The van der Waals surface area contributed by atoms with E-state index in [2.05, 4.69) is 40.6 Å². The molecular formula is C24H24N4O. The smallest absolute Gasteiger partial charge is 0.203 e. The molecular weight excluding hydrogens is 360 g/mol. The van der Waals surface area contributed by atoms with Crippen molar-refractivity contribution in [2.24, 2.45) is 4.99 Å². The van der Waals surface area contributed by atoms with Crippen LogP contribution >= 0.6 is 0 Å². The number of fused-ring (bicyclic) bond motifs is 2. The molecule has 0 radical (unpaired) electrons. The fourth-order valence-corrected chi connectivity index (χ4v) is 4.23. The second kappa shape index (κ2) is 7.66. The number of para-hydroxylation sites is 1. The zero-order chi connectivity index (χ0) is 19.6. The fourth-order valence-electron chi connectivity index (χ4n) is 4.23. The molecule has 2 aromatic carbocycles. The van der Waals surface area contributed by atoms with Gasteiger partial charge in [-0.25, -0.2) is 15.0 Å². The minimum absolute atomic E-state index is 0.152. The topological polar surface area (TPSA) is 59.4 Å². The lowest BCUT2D eigenvalue weighted by Gasteiger charge is -2.22. The van der Waals surface area contributed by atoms with Crippen LogP contribution in [0.5, 0.6) is 0 Å². The van der Waals surface area contributed by atoms with Gasteiger partial charge in [0.15, 0.2) is 0 Å². The van der Waals surface area contributed by atoms with E-state index in [-0.39, 0.29) is 5.92 Å². The second-order valence-electron chi connectivity index (χ2n) is 7.55. The number of rotatable bonds is 4. The number of aliphatic imine (C=N–C) groups is 1. The van der Waals surface area contributed by atoms with Gasteiger partial charge in [0.1, 0.15) is 17.6 Å². The van der Waals surface area contributed by atoms with Crippen molar-refractivity contribution in [2.45, 2.75) is 38.1 Å². The maximum absolute atomic E-state index is 5.62. The number of nitrogens with zero attached hydrogens (tertiary/aromatic N) is 3. The molecule has 5 nitrogen and oxygen atoms in total. The van der Waals surface area contributed by atoms with Gasteiger partial charge in [0.2, 0.25) is 5.90 Å². The van der Waals surface area contributed by atoms with Gasteiger partial charge in [-0.2, -0.15) is 0 Å². The van der Waals surface area contributed by atoms with Gasteiger partial charge >= 0.3 is 0 Å². The van der Waals surface area contributed by atoms with E-state index in [0.29, 0.717) is 5.90 Å². The average Bonchev–Trinajstić information content (AvgIpc) is 3.16. The van der Waals surface area contributed by atoms with E-state index in [4.69, 9.17) is 14.7 Å². The highest BCUT2D eigenvalue weighted by Gasteiger charge is 2.33. The number of aryl methyl sites for hydroxylation is 1. The molecule has 2 aliphatic rings. The number of nitrogens with one attached hydrogen (secondary N) is 1. The van der Waals surface area contributed by atoms with Crippen molar-refractivity contribution < 1.29 is 4.74 Å². The molecule has 0 saturated heterocycles. The number of anilines is 1. The van der Waals surface area contributed by atoms with Crippen LogP contribution in [0.2, 0.25) is 0 Å². The number of ether oxygens (including phenoxy) is 1. The minimum Gasteiger partial charge on any atom is -0.483 e. The minimum atomic E-state index is -0.152. The molecule has 0 saturated carbocycles. The van der Waals surface area contributed by atoms with Crippen LogP contribution < -0.4 is 5.32 Å². The van der Waals surface area contributed by atoms with Crippen LogP contribution in [0.1, 0.15) is 47.0 Å². The van der Waals surface area contributed by atoms with Crippen LogP contribution in [0.15, 0.2) is 59.6 Å². The van der Waals surface area contributed by atoms with E-state index >= 15 is 0 Å².